The standard InChI is InChI=1S/C12H14N2O5/c15-10-7-6-9(13(16)17)11(12(10)14(18)19)8-4-2-1-3-5-8/h1-5,9-12,15H,6-7H2/t9-,10-,11+,12+/m0/s1. The Hall–Kier alpha value is -2.02. The molecule has 0 aromatic heterocycles. The van der Waals surface area contributed by atoms with Crippen molar-refractivity contribution in [3.63, 3.8) is 0 Å². The molecule has 1 aliphatic rings. The van der Waals surface area contributed by atoms with Gasteiger partial charge in [-0.05, 0) is 12.0 Å². The minimum absolute atomic E-state index is 0.0840. The SMILES string of the molecule is O=[N+]([O-])[C@H]1[C@H](c2ccccc2)[C@@H]([N+](=O)[O-])CC[C@@H]1O. The van der Waals surface area contributed by atoms with E-state index < -0.39 is 34.0 Å². The maximum absolute atomic E-state index is 11.1. The number of rotatable bonds is 3. The highest BCUT2D eigenvalue weighted by atomic mass is 16.6. The highest BCUT2D eigenvalue weighted by Gasteiger charge is 2.52. The van der Waals surface area contributed by atoms with E-state index in [9.17, 15) is 25.3 Å². The summed E-state index contributed by atoms with van der Waals surface area (Å²) < 4.78 is 0. The van der Waals surface area contributed by atoms with Gasteiger partial charge in [0.1, 0.15) is 12.0 Å². The molecule has 0 heterocycles. The van der Waals surface area contributed by atoms with Crippen LogP contribution >= 0.6 is 0 Å². The zero-order valence-corrected chi connectivity index (χ0v) is 10.1. The maximum atomic E-state index is 11.1. The summed E-state index contributed by atoms with van der Waals surface area (Å²) in [5, 5.41) is 32.1. The molecule has 19 heavy (non-hydrogen) atoms. The van der Waals surface area contributed by atoms with Crippen LogP contribution in [0.25, 0.3) is 0 Å². The molecule has 0 amide bonds. The fraction of sp³-hybridized carbons (Fsp3) is 0.500. The quantitative estimate of drug-likeness (QED) is 0.653. The molecule has 0 aliphatic heterocycles. The van der Waals surface area contributed by atoms with E-state index in [1.807, 2.05) is 0 Å². The van der Waals surface area contributed by atoms with Crippen LogP contribution in [-0.2, 0) is 0 Å². The fourth-order valence-electron chi connectivity index (χ4n) is 2.76. The molecule has 1 aromatic carbocycles. The largest absolute Gasteiger partial charge is 0.386 e. The fourth-order valence-corrected chi connectivity index (χ4v) is 2.76. The molecule has 4 atom stereocenters. The monoisotopic (exact) mass is 266 g/mol. The van der Waals surface area contributed by atoms with Gasteiger partial charge in [0, 0.05) is 16.3 Å². The van der Waals surface area contributed by atoms with Crippen molar-refractivity contribution >= 4 is 0 Å². The molecule has 0 unspecified atom stereocenters. The van der Waals surface area contributed by atoms with E-state index in [0.717, 1.165) is 0 Å². The molecule has 1 aromatic rings. The molecule has 2 rings (SSSR count). The summed E-state index contributed by atoms with van der Waals surface area (Å²) in [7, 11) is 0. The molecule has 0 radical (unpaired) electrons. The Balaban J connectivity index is 2.44. The molecule has 102 valence electrons. The van der Waals surface area contributed by atoms with Gasteiger partial charge in [0.2, 0.25) is 6.04 Å². The van der Waals surface area contributed by atoms with E-state index in [2.05, 4.69) is 0 Å². The maximum Gasteiger partial charge on any atom is 0.251 e. The Morgan fingerprint density at radius 2 is 1.68 bits per heavy atom. The van der Waals surface area contributed by atoms with Crippen LogP contribution in [0.5, 0.6) is 0 Å². The van der Waals surface area contributed by atoms with Crippen LogP contribution < -0.4 is 0 Å². The Labute approximate surface area is 109 Å². The lowest BCUT2D eigenvalue weighted by Crippen LogP contribution is -2.50. The van der Waals surface area contributed by atoms with Crippen LogP contribution in [0.15, 0.2) is 30.3 Å². The zero-order valence-electron chi connectivity index (χ0n) is 10.1. The summed E-state index contributed by atoms with van der Waals surface area (Å²) in [6.45, 7) is 0. The number of benzene rings is 1. The first-order valence-corrected chi connectivity index (χ1v) is 6.02. The number of hydrogen-bond acceptors (Lipinski definition) is 5. The zero-order chi connectivity index (χ0) is 14.0. The lowest BCUT2D eigenvalue weighted by atomic mass is 9.75. The van der Waals surface area contributed by atoms with Gasteiger partial charge >= 0.3 is 0 Å². The third kappa shape index (κ3) is 2.55. The number of aliphatic hydroxyl groups excluding tert-OH is 1. The van der Waals surface area contributed by atoms with Crippen LogP contribution in [0.2, 0.25) is 0 Å². The van der Waals surface area contributed by atoms with E-state index >= 15 is 0 Å². The Bertz CT molecular complexity index is 478. The van der Waals surface area contributed by atoms with Gasteiger partial charge in [-0.1, -0.05) is 30.3 Å². The van der Waals surface area contributed by atoms with Crippen molar-refractivity contribution in [3.05, 3.63) is 56.1 Å². The first-order chi connectivity index (χ1) is 9.02. The lowest BCUT2D eigenvalue weighted by molar-refractivity contribution is -0.581. The Morgan fingerprint density at radius 1 is 1.05 bits per heavy atom. The highest BCUT2D eigenvalue weighted by molar-refractivity contribution is 5.23. The minimum atomic E-state index is -1.33. The molecule has 1 fully saturated rings. The molecular formula is C12H14N2O5. The van der Waals surface area contributed by atoms with Gasteiger partial charge in [0.05, 0.1) is 0 Å². The van der Waals surface area contributed by atoms with Crippen molar-refractivity contribution in [2.45, 2.75) is 36.9 Å². The van der Waals surface area contributed by atoms with Gasteiger partial charge in [-0.3, -0.25) is 20.2 Å². The van der Waals surface area contributed by atoms with Crippen LogP contribution in [0.4, 0.5) is 0 Å². The molecule has 7 heteroatoms. The topological polar surface area (TPSA) is 107 Å². The van der Waals surface area contributed by atoms with E-state index in [0.29, 0.717) is 5.56 Å². The van der Waals surface area contributed by atoms with Crippen LogP contribution in [0, 0.1) is 20.2 Å². The van der Waals surface area contributed by atoms with Gasteiger partial charge in [-0.15, -0.1) is 0 Å². The lowest BCUT2D eigenvalue weighted by Gasteiger charge is -2.31. The van der Waals surface area contributed by atoms with E-state index in [4.69, 9.17) is 0 Å². The van der Waals surface area contributed by atoms with Gasteiger partial charge in [0.15, 0.2) is 0 Å². The van der Waals surface area contributed by atoms with E-state index in [1.165, 1.54) is 0 Å². The van der Waals surface area contributed by atoms with Crippen LogP contribution in [-0.4, -0.2) is 33.1 Å². The Kier molecular flexibility index (Phi) is 3.75. The molecule has 1 saturated carbocycles. The van der Waals surface area contributed by atoms with Crippen molar-refractivity contribution in [1.82, 2.24) is 0 Å². The average molecular weight is 266 g/mol. The Morgan fingerprint density at radius 3 is 2.21 bits per heavy atom. The molecule has 7 nitrogen and oxygen atoms in total. The third-order valence-electron chi connectivity index (χ3n) is 3.63. The number of nitrogens with zero attached hydrogens (tertiary/aromatic N) is 2. The number of hydrogen-bond donors (Lipinski definition) is 1. The summed E-state index contributed by atoms with van der Waals surface area (Å²) in [4.78, 5) is 21.2. The van der Waals surface area contributed by atoms with Crippen molar-refractivity contribution in [2.24, 2.45) is 0 Å². The third-order valence-corrected chi connectivity index (χ3v) is 3.63. The van der Waals surface area contributed by atoms with Crippen molar-refractivity contribution in [2.75, 3.05) is 0 Å². The molecule has 0 bridgehead atoms. The first kappa shape index (κ1) is 13.4. The summed E-state index contributed by atoms with van der Waals surface area (Å²) in [5.74, 6) is -0.894. The second-order valence-electron chi connectivity index (χ2n) is 4.71. The summed E-state index contributed by atoms with van der Waals surface area (Å²) in [6, 6.07) is 6.03. The second-order valence-corrected chi connectivity index (χ2v) is 4.71. The number of aliphatic hydroxyl groups is 1. The normalized spacial score (nSPS) is 30.8. The average Bonchev–Trinajstić information content (AvgIpc) is 2.38. The van der Waals surface area contributed by atoms with Crippen LogP contribution in [0.3, 0.4) is 0 Å². The smallest absolute Gasteiger partial charge is 0.251 e. The van der Waals surface area contributed by atoms with Crippen molar-refractivity contribution in [3.8, 4) is 0 Å². The van der Waals surface area contributed by atoms with Gasteiger partial charge in [-0.2, -0.15) is 0 Å². The highest BCUT2D eigenvalue weighted by Crippen LogP contribution is 2.36. The van der Waals surface area contributed by atoms with Crippen molar-refractivity contribution in [1.29, 1.82) is 0 Å². The summed E-state index contributed by atoms with van der Waals surface area (Å²) >= 11 is 0. The predicted octanol–water partition coefficient (Wildman–Crippen LogP) is 1.22. The minimum Gasteiger partial charge on any atom is -0.386 e. The molecule has 0 spiro atoms. The number of nitro groups is 2. The second kappa shape index (κ2) is 5.31. The predicted molar refractivity (Wildman–Crippen MR) is 66.0 cm³/mol. The molecule has 1 N–H and O–H groups in total. The first-order valence-electron chi connectivity index (χ1n) is 6.02. The van der Waals surface area contributed by atoms with E-state index in [-0.39, 0.29) is 12.8 Å². The molecule has 1 aliphatic carbocycles. The van der Waals surface area contributed by atoms with Gasteiger partial charge in [0.25, 0.3) is 6.04 Å². The van der Waals surface area contributed by atoms with Crippen molar-refractivity contribution < 1.29 is 15.0 Å². The summed E-state index contributed by atoms with van der Waals surface area (Å²) in [6.07, 6.45) is -0.907. The van der Waals surface area contributed by atoms with Gasteiger partial charge in [-0.25, -0.2) is 0 Å². The van der Waals surface area contributed by atoms with Crippen LogP contribution in [0.1, 0.15) is 24.3 Å². The molecular weight excluding hydrogens is 252 g/mol. The molecule has 0 saturated heterocycles. The van der Waals surface area contributed by atoms with E-state index in [1.54, 1.807) is 30.3 Å². The van der Waals surface area contributed by atoms with Gasteiger partial charge < -0.3 is 5.11 Å². The summed E-state index contributed by atoms with van der Waals surface area (Å²) in [5.41, 5.74) is 0.532.